The van der Waals surface area contributed by atoms with Gasteiger partial charge in [0.25, 0.3) is 0 Å². The van der Waals surface area contributed by atoms with Gasteiger partial charge >= 0.3 is 6.18 Å². The van der Waals surface area contributed by atoms with Crippen molar-refractivity contribution in [2.75, 3.05) is 32.7 Å². The molecular formula is C15H27F3IN7. The molecule has 1 fully saturated rings. The number of hydrogen-bond acceptors (Lipinski definition) is 4. The average Bonchev–Trinajstić information content (AvgIpc) is 3.05. The predicted molar refractivity (Wildman–Crippen MR) is 105 cm³/mol. The molecule has 11 heteroatoms. The molecule has 0 amide bonds. The number of halogens is 4. The topological polar surface area (TPSA) is 61.6 Å². The molecule has 1 aliphatic heterocycles. The summed E-state index contributed by atoms with van der Waals surface area (Å²) in [5.41, 5.74) is 0. The van der Waals surface area contributed by atoms with Gasteiger partial charge in [0.1, 0.15) is 18.9 Å². The Morgan fingerprint density at radius 2 is 1.92 bits per heavy atom. The molecule has 1 N–H and O–H groups in total. The number of alkyl halides is 3. The van der Waals surface area contributed by atoms with Gasteiger partial charge in [-0.05, 0) is 20.8 Å². The summed E-state index contributed by atoms with van der Waals surface area (Å²) < 4.78 is 40.5. The molecule has 1 aromatic heterocycles. The number of piperazine rings is 1. The molecule has 0 radical (unpaired) electrons. The van der Waals surface area contributed by atoms with Crippen LogP contribution in [0.1, 0.15) is 26.6 Å². The number of guanidine groups is 1. The molecule has 0 aromatic carbocycles. The van der Waals surface area contributed by atoms with Gasteiger partial charge in [-0.3, -0.25) is 4.90 Å². The van der Waals surface area contributed by atoms with Crippen LogP contribution < -0.4 is 5.32 Å². The molecule has 2 heterocycles. The number of aromatic nitrogens is 3. The fourth-order valence-electron chi connectivity index (χ4n) is 2.76. The summed E-state index contributed by atoms with van der Waals surface area (Å²) >= 11 is 0. The Morgan fingerprint density at radius 1 is 1.27 bits per heavy atom. The van der Waals surface area contributed by atoms with E-state index in [-0.39, 0.29) is 24.0 Å². The van der Waals surface area contributed by atoms with E-state index in [1.54, 1.807) is 6.33 Å². The van der Waals surface area contributed by atoms with Gasteiger partial charge in [0.2, 0.25) is 0 Å². The lowest BCUT2D eigenvalue weighted by atomic mass is 10.2. The minimum Gasteiger partial charge on any atom is -0.357 e. The first-order valence-electron chi connectivity index (χ1n) is 8.57. The van der Waals surface area contributed by atoms with Gasteiger partial charge < -0.3 is 14.8 Å². The van der Waals surface area contributed by atoms with E-state index in [4.69, 9.17) is 0 Å². The number of rotatable bonds is 5. The van der Waals surface area contributed by atoms with Crippen molar-refractivity contribution in [2.24, 2.45) is 4.99 Å². The van der Waals surface area contributed by atoms with Crippen molar-refractivity contribution in [3.8, 4) is 0 Å². The van der Waals surface area contributed by atoms with Crippen molar-refractivity contribution in [1.29, 1.82) is 0 Å². The van der Waals surface area contributed by atoms with Crippen molar-refractivity contribution in [3.63, 3.8) is 0 Å². The van der Waals surface area contributed by atoms with Gasteiger partial charge in [0.15, 0.2) is 11.8 Å². The highest BCUT2D eigenvalue weighted by molar-refractivity contribution is 14.0. The summed E-state index contributed by atoms with van der Waals surface area (Å²) in [4.78, 5) is 8.04. The fraction of sp³-hybridized carbons (Fsp3) is 0.800. The smallest absolute Gasteiger partial charge is 0.357 e. The minimum absolute atomic E-state index is 0. The molecular weight excluding hydrogens is 462 g/mol. The highest BCUT2D eigenvalue weighted by Gasteiger charge is 2.41. The average molecular weight is 489 g/mol. The third kappa shape index (κ3) is 5.96. The summed E-state index contributed by atoms with van der Waals surface area (Å²) in [6, 6.07) is -1.42. The molecule has 1 saturated heterocycles. The molecule has 1 aromatic rings. The maximum absolute atomic E-state index is 12.9. The second-order valence-corrected chi connectivity index (χ2v) is 5.94. The molecule has 0 spiro atoms. The van der Waals surface area contributed by atoms with E-state index in [0.29, 0.717) is 45.2 Å². The van der Waals surface area contributed by atoms with Crippen LogP contribution in [0.4, 0.5) is 13.2 Å². The third-order valence-corrected chi connectivity index (χ3v) is 4.38. The fourth-order valence-corrected chi connectivity index (χ4v) is 2.76. The monoisotopic (exact) mass is 489 g/mol. The van der Waals surface area contributed by atoms with Crippen LogP contribution in [0.2, 0.25) is 0 Å². The molecule has 150 valence electrons. The first-order chi connectivity index (χ1) is 11.9. The zero-order valence-electron chi connectivity index (χ0n) is 15.3. The SMILES string of the molecule is CCNC(=NCc1nncn1CC)N1CCN(C(C)C(F)(F)F)CC1.I. The van der Waals surface area contributed by atoms with E-state index in [9.17, 15) is 13.2 Å². The number of nitrogens with zero attached hydrogens (tertiary/aromatic N) is 6. The molecule has 1 unspecified atom stereocenters. The van der Waals surface area contributed by atoms with E-state index in [1.807, 2.05) is 23.3 Å². The molecule has 0 bridgehead atoms. The molecule has 0 aliphatic carbocycles. The first kappa shape index (κ1) is 22.9. The highest BCUT2D eigenvalue weighted by Crippen LogP contribution is 2.25. The minimum atomic E-state index is -4.19. The summed E-state index contributed by atoms with van der Waals surface area (Å²) in [5, 5.41) is 11.1. The maximum Gasteiger partial charge on any atom is 0.403 e. The van der Waals surface area contributed by atoms with Gasteiger partial charge in [-0.2, -0.15) is 13.2 Å². The second kappa shape index (κ2) is 10.3. The van der Waals surface area contributed by atoms with Crippen LogP contribution in [0.3, 0.4) is 0 Å². The van der Waals surface area contributed by atoms with Crippen molar-refractivity contribution in [3.05, 3.63) is 12.2 Å². The molecule has 1 atom stereocenters. The molecule has 26 heavy (non-hydrogen) atoms. The van der Waals surface area contributed by atoms with E-state index in [0.717, 1.165) is 12.4 Å². The van der Waals surface area contributed by atoms with Gasteiger partial charge in [0, 0.05) is 39.3 Å². The van der Waals surface area contributed by atoms with Crippen LogP contribution in [0, 0.1) is 0 Å². The van der Waals surface area contributed by atoms with E-state index in [1.165, 1.54) is 11.8 Å². The lowest BCUT2D eigenvalue weighted by Crippen LogP contribution is -2.56. The van der Waals surface area contributed by atoms with Gasteiger partial charge in [-0.1, -0.05) is 0 Å². The number of aryl methyl sites for hydroxylation is 1. The largest absolute Gasteiger partial charge is 0.403 e. The predicted octanol–water partition coefficient (Wildman–Crippen LogP) is 1.95. The summed E-state index contributed by atoms with van der Waals surface area (Å²) in [7, 11) is 0. The Hall–Kier alpha value is -1.11. The Balaban J connectivity index is 0.00000338. The van der Waals surface area contributed by atoms with Gasteiger partial charge in [-0.25, -0.2) is 4.99 Å². The Kier molecular flexibility index (Phi) is 9.07. The van der Waals surface area contributed by atoms with Crippen LogP contribution in [0.25, 0.3) is 0 Å². The molecule has 1 aliphatic rings. The standard InChI is InChI=1S/C15H26F3N7.HI/c1-4-19-14(20-10-13-22-21-11-23(13)5-2)25-8-6-24(7-9-25)12(3)15(16,17)18;/h11-12H,4-10H2,1-3H3,(H,19,20);1H. The summed E-state index contributed by atoms with van der Waals surface area (Å²) in [5.74, 6) is 1.47. The molecule has 7 nitrogen and oxygen atoms in total. The lowest BCUT2D eigenvalue weighted by molar-refractivity contribution is -0.181. The van der Waals surface area contributed by atoms with Crippen molar-refractivity contribution in [1.82, 2.24) is 29.9 Å². The van der Waals surface area contributed by atoms with Crippen LogP contribution in [0.5, 0.6) is 0 Å². The number of hydrogen-bond donors (Lipinski definition) is 1. The molecule has 0 saturated carbocycles. The second-order valence-electron chi connectivity index (χ2n) is 5.94. The Morgan fingerprint density at radius 3 is 2.46 bits per heavy atom. The van der Waals surface area contributed by atoms with E-state index in [2.05, 4.69) is 20.5 Å². The van der Waals surface area contributed by atoms with Crippen molar-refractivity contribution >= 4 is 29.9 Å². The van der Waals surface area contributed by atoms with Crippen molar-refractivity contribution in [2.45, 2.75) is 46.1 Å². The van der Waals surface area contributed by atoms with Crippen LogP contribution in [0.15, 0.2) is 11.3 Å². The number of nitrogens with one attached hydrogen (secondary N) is 1. The zero-order valence-corrected chi connectivity index (χ0v) is 17.7. The normalized spacial score (nSPS) is 17.8. The summed E-state index contributed by atoms with van der Waals surface area (Å²) in [6.07, 6.45) is -2.53. The van der Waals surface area contributed by atoms with Crippen LogP contribution in [-0.2, 0) is 13.1 Å². The maximum atomic E-state index is 12.9. The first-order valence-corrected chi connectivity index (χ1v) is 8.57. The quantitative estimate of drug-likeness (QED) is 0.390. The lowest BCUT2D eigenvalue weighted by Gasteiger charge is -2.39. The number of aliphatic imine (C=N–C) groups is 1. The van der Waals surface area contributed by atoms with Crippen LogP contribution >= 0.6 is 24.0 Å². The third-order valence-electron chi connectivity index (χ3n) is 4.38. The Bertz CT molecular complexity index is 568. The van der Waals surface area contributed by atoms with E-state index < -0.39 is 12.2 Å². The highest BCUT2D eigenvalue weighted by atomic mass is 127. The Labute approximate surface area is 169 Å². The van der Waals surface area contributed by atoms with Gasteiger partial charge in [-0.15, -0.1) is 34.2 Å². The van der Waals surface area contributed by atoms with Crippen molar-refractivity contribution < 1.29 is 13.2 Å². The molecule has 2 rings (SSSR count). The van der Waals surface area contributed by atoms with E-state index >= 15 is 0 Å². The zero-order chi connectivity index (χ0) is 18.4. The van der Waals surface area contributed by atoms with Crippen LogP contribution in [-0.4, -0.2) is 75.5 Å². The van der Waals surface area contributed by atoms with Gasteiger partial charge in [0.05, 0.1) is 0 Å². The summed E-state index contributed by atoms with van der Waals surface area (Å²) in [6.45, 7) is 8.75.